The molecule has 0 unspecified atom stereocenters. The average molecular weight is 387 g/mol. The summed E-state index contributed by atoms with van der Waals surface area (Å²) in [6.07, 6.45) is 8.76. The largest absolute Gasteiger partial charge is 0.371 e. The molecule has 2 N–H and O–H groups in total. The molecule has 2 saturated carbocycles. The first-order chi connectivity index (χ1) is 14.1. The first-order valence-electron chi connectivity index (χ1n) is 9.83. The fraction of sp³-hybridized carbons (Fsp3) is 0.381. The summed E-state index contributed by atoms with van der Waals surface area (Å²) in [5, 5.41) is 19.5. The van der Waals surface area contributed by atoms with E-state index in [2.05, 4.69) is 49.7 Å². The standard InChI is InChI=1S/C21H21N7O/c1-12-7-16(12)21(29)25-18-8-17-14(10-23-20(22-2)19(17)27-26-18)4-3-13-9-24-28(11-13)15-5-6-15/h8-12,15-16H,5-7H2,1-2H3,(H,22,23)(H,25,26,29)/t12-,16+/m1/s1. The van der Waals surface area contributed by atoms with E-state index in [9.17, 15) is 4.79 Å². The summed E-state index contributed by atoms with van der Waals surface area (Å²) in [5.74, 6) is 7.88. The Hall–Kier alpha value is -3.47. The van der Waals surface area contributed by atoms with Crippen LogP contribution in [-0.2, 0) is 4.79 Å². The number of hydrogen-bond acceptors (Lipinski definition) is 6. The lowest BCUT2D eigenvalue weighted by atomic mass is 10.1. The van der Waals surface area contributed by atoms with Crippen LogP contribution >= 0.6 is 0 Å². The molecule has 3 aromatic rings. The summed E-state index contributed by atoms with van der Waals surface area (Å²) in [7, 11) is 1.78. The number of aromatic nitrogens is 5. The van der Waals surface area contributed by atoms with Gasteiger partial charge in [0.1, 0.15) is 5.52 Å². The van der Waals surface area contributed by atoms with Gasteiger partial charge in [-0.2, -0.15) is 5.10 Å². The van der Waals surface area contributed by atoms with Crippen LogP contribution in [0.1, 0.15) is 43.4 Å². The van der Waals surface area contributed by atoms with Gasteiger partial charge >= 0.3 is 0 Å². The minimum atomic E-state index is -0.00540. The molecule has 1 amide bonds. The third-order valence-corrected chi connectivity index (χ3v) is 5.43. The fourth-order valence-electron chi connectivity index (χ4n) is 3.36. The van der Waals surface area contributed by atoms with E-state index in [0.29, 0.717) is 29.1 Å². The quantitative estimate of drug-likeness (QED) is 0.668. The van der Waals surface area contributed by atoms with Crippen LogP contribution in [0.2, 0.25) is 0 Å². The number of carbonyl (C=O) groups is 1. The van der Waals surface area contributed by atoms with E-state index >= 15 is 0 Å². The second kappa shape index (κ2) is 6.85. The van der Waals surface area contributed by atoms with Gasteiger partial charge < -0.3 is 10.6 Å². The molecule has 8 heteroatoms. The molecule has 8 nitrogen and oxygen atoms in total. The summed E-state index contributed by atoms with van der Waals surface area (Å²) < 4.78 is 1.97. The number of nitrogens with zero attached hydrogens (tertiary/aromatic N) is 5. The first kappa shape index (κ1) is 17.6. The van der Waals surface area contributed by atoms with Crippen LogP contribution < -0.4 is 10.6 Å². The Labute approximate surface area is 168 Å². The first-order valence-corrected chi connectivity index (χ1v) is 9.83. The molecule has 2 aliphatic rings. The highest BCUT2D eigenvalue weighted by Gasteiger charge is 2.39. The molecular weight excluding hydrogens is 366 g/mol. The van der Waals surface area contributed by atoms with Gasteiger partial charge in [-0.15, -0.1) is 10.2 Å². The predicted octanol–water partition coefficient (Wildman–Crippen LogP) is 2.59. The Morgan fingerprint density at radius 2 is 2.07 bits per heavy atom. The second-order valence-electron chi connectivity index (χ2n) is 7.76. The molecule has 2 aliphatic carbocycles. The zero-order chi connectivity index (χ0) is 20.0. The van der Waals surface area contributed by atoms with Crippen LogP contribution in [0.15, 0.2) is 24.7 Å². The van der Waals surface area contributed by atoms with Crippen molar-refractivity contribution < 1.29 is 4.79 Å². The fourth-order valence-corrected chi connectivity index (χ4v) is 3.36. The highest BCUT2D eigenvalue weighted by molar-refractivity contribution is 5.97. The molecule has 3 aromatic heterocycles. The Morgan fingerprint density at radius 1 is 1.24 bits per heavy atom. The van der Waals surface area contributed by atoms with Crippen molar-refractivity contribution >= 4 is 28.4 Å². The molecule has 2 fully saturated rings. The number of pyridine rings is 1. The van der Waals surface area contributed by atoms with E-state index in [1.165, 1.54) is 12.8 Å². The molecule has 0 bridgehead atoms. The Morgan fingerprint density at radius 3 is 2.79 bits per heavy atom. The average Bonchev–Trinajstić information content (AvgIpc) is 3.65. The number of carbonyl (C=O) groups excluding carboxylic acids is 1. The lowest BCUT2D eigenvalue weighted by Crippen LogP contribution is -2.16. The Bertz CT molecular complexity index is 1170. The molecule has 0 saturated heterocycles. The molecule has 0 radical (unpaired) electrons. The second-order valence-corrected chi connectivity index (χ2v) is 7.76. The van der Waals surface area contributed by atoms with Crippen LogP contribution in [0.5, 0.6) is 0 Å². The number of anilines is 2. The van der Waals surface area contributed by atoms with E-state index in [1.54, 1.807) is 19.4 Å². The van der Waals surface area contributed by atoms with E-state index in [-0.39, 0.29) is 11.8 Å². The third-order valence-electron chi connectivity index (χ3n) is 5.43. The highest BCUT2D eigenvalue weighted by atomic mass is 16.2. The maximum atomic E-state index is 12.3. The van der Waals surface area contributed by atoms with Crippen molar-refractivity contribution in [3.63, 3.8) is 0 Å². The molecule has 0 spiro atoms. The zero-order valence-corrected chi connectivity index (χ0v) is 16.3. The topological polar surface area (TPSA) is 97.6 Å². The van der Waals surface area contributed by atoms with Crippen LogP contribution in [0.25, 0.3) is 10.9 Å². The van der Waals surface area contributed by atoms with Gasteiger partial charge in [-0.25, -0.2) is 4.98 Å². The van der Waals surface area contributed by atoms with Gasteiger partial charge in [-0.1, -0.05) is 18.8 Å². The van der Waals surface area contributed by atoms with Crippen molar-refractivity contribution in [2.75, 3.05) is 17.7 Å². The van der Waals surface area contributed by atoms with E-state index < -0.39 is 0 Å². The highest BCUT2D eigenvalue weighted by Crippen LogP contribution is 2.38. The van der Waals surface area contributed by atoms with Gasteiger partial charge in [0.25, 0.3) is 0 Å². The molecule has 0 aliphatic heterocycles. The Balaban J connectivity index is 1.49. The minimum Gasteiger partial charge on any atom is -0.371 e. The molecule has 3 heterocycles. The Kier molecular flexibility index (Phi) is 4.16. The van der Waals surface area contributed by atoms with Gasteiger partial charge in [0.2, 0.25) is 5.91 Å². The van der Waals surface area contributed by atoms with Gasteiger partial charge in [0.05, 0.1) is 23.4 Å². The lowest BCUT2D eigenvalue weighted by Gasteiger charge is -2.08. The SMILES string of the molecule is CNc1ncc(C#Cc2cnn(C3CC3)c2)c2cc(NC(=O)[C@H]3C[C@H]3C)nnc12. The summed E-state index contributed by atoms with van der Waals surface area (Å²) in [5.41, 5.74) is 2.20. The van der Waals surface area contributed by atoms with Crippen LogP contribution in [0, 0.1) is 23.7 Å². The number of amides is 1. The summed E-state index contributed by atoms with van der Waals surface area (Å²) >= 11 is 0. The molecule has 29 heavy (non-hydrogen) atoms. The molecule has 5 rings (SSSR count). The van der Waals surface area contributed by atoms with Crippen LogP contribution in [-0.4, -0.2) is 37.9 Å². The van der Waals surface area contributed by atoms with Crippen molar-refractivity contribution in [3.8, 4) is 11.8 Å². The van der Waals surface area contributed by atoms with Gasteiger partial charge in [-0.05, 0) is 31.2 Å². The number of fused-ring (bicyclic) bond motifs is 1. The number of nitrogens with one attached hydrogen (secondary N) is 2. The van der Waals surface area contributed by atoms with Crippen molar-refractivity contribution in [1.29, 1.82) is 0 Å². The summed E-state index contributed by atoms with van der Waals surface area (Å²) in [6, 6.07) is 2.34. The predicted molar refractivity (Wildman–Crippen MR) is 109 cm³/mol. The summed E-state index contributed by atoms with van der Waals surface area (Å²) in [6.45, 7) is 2.07. The van der Waals surface area contributed by atoms with E-state index in [0.717, 1.165) is 22.9 Å². The maximum absolute atomic E-state index is 12.3. The molecular formula is C21H21N7O. The molecule has 146 valence electrons. The van der Waals surface area contributed by atoms with Gasteiger partial charge in [-0.3, -0.25) is 9.48 Å². The van der Waals surface area contributed by atoms with Crippen LogP contribution in [0.3, 0.4) is 0 Å². The van der Waals surface area contributed by atoms with Crippen molar-refractivity contribution in [2.45, 2.75) is 32.2 Å². The van der Waals surface area contributed by atoms with E-state index in [4.69, 9.17) is 0 Å². The maximum Gasteiger partial charge on any atom is 0.228 e. The summed E-state index contributed by atoms with van der Waals surface area (Å²) in [4.78, 5) is 16.7. The van der Waals surface area contributed by atoms with Crippen molar-refractivity contribution in [2.24, 2.45) is 11.8 Å². The monoisotopic (exact) mass is 387 g/mol. The minimum absolute atomic E-state index is 0.00540. The normalized spacial score (nSPS) is 20.1. The van der Waals surface area contributed by atoms with Crippen LogP contribution in [0.4, 0.5) is 11.6 Å². The lowest BCUT2D eigenvalue weighted by molar-refractivity contribution is -0.117. The van der Waals surface area contributed by atoms with Gasteiger partial charge in [0, 0.05) is 30.7 Å². The van der Waals surface area contributed by atoms with Crippen molar-refractivity contribution in [1.82, 2.24) is 25.0 Å². The zero-order valence-electron chi connectivity index (χ0n) is 16.3. The van der Waals surface area contributed by atoms with Crippen molar-refractivity contribution in [3.05, 3.63) is 35.8 Å². The third kappa shape index (κ3) is 3.51. The van der Waals surface area contributed by atoms with Gasteiger partial charge in [0.15, 0.2) is 11.6 Å². The number of rotatable bonds is 4. The molecule has 2 atom stereocenters. The number of hydrogen-bond donors (Lipinski definition) is 2. The van der Waals surface area contributed by atoms with E-state index in [1.807, 2.05) is 16.9 Å². The smallest absolute Gasteiger partial charge is 0.228 e. The molecule has 0 aromatic carbocycles.